The van der Waals surface area contributed by atoms with Gasteiger partial charge in [-0.1, -0.05) is 0 Å². The lowest BCUT2D eigenvalue weighted by molar-refractivity contribution is -0.145. The fourth-order valence-electron chi connectivity index (χ4n) is 0.873. The molecule has 106 valence electrons. The van der Waals surface area contributed by atoms with Gasteiger partial charge in [-0.05, 0) is 6.92 Å². The summed E-state index contributed by atoms with van der Waals surface area (Å²) in [7, 11) is 0. The van der Waals surface area contributed by atoms with E-state index in [1.165, 1.54) is 0 Å². The van der Waals surface area contributed by atoms with Gasteiger partial charge in [0, 0.05) is 6.61 Å². The van der Waals surface area contributed by atoms with E-state index in [4.69, 9.17) is 40.9 Å². The smallest absolute Gasteiger partial charge is 0.111 e. The van der Waals surface area contributed by atoms with Crippen LogP contribution in [0.1, 0.15) is 6.92 Å². The summed E-state index contributed by atoms with van der Waals surface area (Å²) in [5.41, 5.74) is 0. The first-order chi connectivity index (χ1) is 7.87. The van der Waals surface area contributed by atoms with Crippen LogP contribution in [0.2, 0.25) is 0 Å². The number of hydrogen-bond donors (Lipinski definition) is 8. The molecule has 0 saturated carbocycles. The van der Waals surface area contributed by atoms with Crippen LogP contribution >= 0.6 is 0 Å². The Morgan fingerprint density at radius 2 is 0.882 bits per heavy atom. The average molecular weight is 258 g/mol. The molecule has 0 radical (unpaired) electrons. The molecule has 0 aromatic rings. The minimum Gasteiger partial charge on any atom is -0.397 e. The first-order valence-electron chi connectivity index (χ1n) is 5.10. The normalized spacial score (nSPS) is 19.6. The van der Waals surface area contributed by atoms with Gasteiger partial charge in [0.1, 0.15) is 30.5 Å². The van der Waals surface area contributed by atoms with Gasteiger partial charge in [0.15, 0.2) is 0 Å². The van der Waals surface area contributed by atoms with Crippen LogP contribution in [0.4, 0.5) is 0 Å². The largest absolute Gasteiger partial charge is 0.397 e. The van der Waals surface area contributed by atoms with Crippen LogP contribution in [0.5, 0.6) is 0 Å². The van der Waals surface area contributed by atoms with Gasteiger partial charge in [0.05, 0.1) is 13.2 Å². The Labute approximate surface area is 99.0 Å². The van der Waals surface area contributed by atoms with Crippen LogP contribution in [-0.2, 0) is 0 Å². The SMILES string of the molecule is CCO.OC[C@@H](O)[C@@H](O)[C@H](O)[C@H](O)[C@@H](O)CO. The van der Waals surface area contributed by atoms with Crippen molar-refractivity contribution in [2.24, 2.45) is 0 Å². The minimum atomic E-state index is -1.85. The third-order valence-corrected chi connectivity index (χ3v) is 1.86. The molecule has 0 amide bonds. The van der Waals surface area contributed by atoms with Gasteiger partial charge in [-0.15, -0.1) is 0 Å². The van der Waals surface area contributed by atoms with Gasteiger partial charge < -0.3 is 40.9 Å². The first kappa shape index (κ1) is 19.0. The quantitative estimate of drug-likeness (QED) is 0.238. The zero-order valence-electron chi connectivity index (χ0n) is 9.59. The summed E-state index contributed by atoms with van der Waals surface area (Å²) in [6, 6.07) is 0. The van der Waals surface area contributed by atoms with E-state index < -0.39 is 43.7 Å². The number of rotatable bonds is 6. The van der Waals surface area contributed by atoms with Crippen molar-refractivity contribution in [2.75, 3.05) is 19.8 Å². The van der Waals surface area contributed by atoms with Crippen LogP contribution in [0.15, 0.2) is 0 Å². The zero-order valence-corrected chi connectivity index (χ0v) is 9.59. The van der Waals surface area contributed by atoms with Crippen LogP contribution in [0.3, 0.4) is 0 Å². The van der Waals surface area contributed by atoms with Crippen molar-refractivity contribution >= 4 is 0 Å². The Morgan fingerprint density at radius 3 is 1.06 bits per heavy atom. The summed E-state index contributed by atoms with van der Waals surface area (Å²) in [4.78, 5) is 0. The lowest BCUT2D eigenvalue weighted by atomic mass is 10.00. The maximum Gasteiger partial charge on any atom is 0.111 e. The van der Waals surface area contributed by atoms with E-state index in [0.717, 1.165) is 0 Å². The molecule has 0 aromatic carbocycles. The van der Waals surface area contributed by atoms with Gasteiger partial charge in [-0.2, -0.15) is 0 Å². The Bertz CT molecular complexity index is 151. The standard InChI is InChI=1S/C7H16O7.C2H6O/c8-1-3(10)5(12)7(14)6(13)4(11)2-9;1-2-3/h3-14H,1-2H2;3H,2H2,1H3/t3-,4+,5-,6-,7+;/m1./s1. The average Bonchev–Trinajstić information content (AvgIpc) is 2.34. The second-order valence-corrected chi connectivity index (χ2v) is 3.29. The van der Waals surface area contributed by atoms with E-state index in [1.807, 2.05) is 0 Å². The van der Waals surface area contributed by atoms with Crippen LogP contribution in [-0.4, -0.2) is 91.2 Å². The molecule has 0 aliphatic heterocycles. The monoisotopic (exact) mass is 258 g/mol. The van der Waals surface area contributed by atoms with E-state index in [1.54, 1.807) is 6.92 Å². The van der Waals surface area contributed by atoms with E-state index in [-0.39, 0.29) is 6.61 Å². The molecule has 0 saturated heterocycles. The van der Waals surface area contributed by atoms with E-state index >= 15 is 0 Å². The fourth-order valence-corrected chi connectivity index (χ4v) is 0.873. The molecule has 0 aliphatic rings. The third-order valence-electron chi connectivity index (χ3n) is 1.86. The predicted octanol–water partition coefficient (Wildman–Crippen LogP) is -4.23. The summed E-state index contributed by atoms with van der Waals surface area (Å²) in [6.07, 6.45) is -8.68. The summed E-state index contributed by atoms with van der Waals surface area (Å²) >= 11 is 0. The molecule has 17 heavy (non-hydrogen) atoms. The zero-order chi connectivity index (χ0) is 14.0. The van der Waals surface area contributed by atoms with Gasteiger partial charge in [-0.25, -0.2) is 0 Å². The minimum absolute atomic E-state index is 0.250. The lowest BCUT2D eigenvalue weighted by Gasteiger charge is -2.27. The van der Waals surface area contributed by atoms with Crippen LogP contribution < -0.4 is 0 Å². The summed E-state index contributed by atoms with van der Waals surface area (Å²) in [6.45, 7) is 0.348. The topological polar surface area (TPSA) is 162 Å². The number of aliphatic hydroxyl groups is 8. The Morgan fingerprint density at radius 1 is 0.647 bits per heavy atom. The molecule has 0 rings (SSSR count). The van der Waals surface area contributed by atoms with Crippen molar-refractivity contribution in [2.45, 2.75) is 37.4 Å². The molecule has 0 fully saturated rings. The highest BCUT2D eigenvalue weighted by Gasteiger charge is 2.33. The third kappa shape index (κ3) is 7.58. The highest BCUT2D eigenvalue weighted by Crippen LogP contribution is 2.07. The molecular formula is C9H22O8. The molecule has 0 unspecified atom stereocenters. The van der Waals surface area contributed by atoms with Crippen LogP contribution in [0, 0.1) is 0 Å². The summed E-state index contributed by atoms with van der Waals surface area (Å²) in [5.74, 6) is 0. The molecule has 0 aliphatic carbocycles. The molecule has 0 aromatic heterocycles. The van der Waals surface area contributed by atoms with Crippen molar-refractivity contribution in [3.05, 3.63) is 0 Å². The molecule has 5 atom stereocenters. The second-order valence-electron chi connectivity index (χ2n) is 3.29. The van der Waals surface area contributed by atoms with Gasteiger partial charge in [0.25, 0.3) is 0 Å². The number of aliphatic hydroxyl groups excluding tert-OH is 8. The van der Waals surface area contributed by atoms with Gasteiger partial charge in [0.2, 0.25) is 0 Å². The van der Waals surface area contributed by atoms with Crippen molar-refractivity contribution in [3.8, 4) is 0 Å². The van der Waals surface area contributed by atoms with Crippen molar-refractivity contribution < 1.29 is 40.9 Å². The summed E-state index contributed by atoms with van der Waals surface area (Å²) in [5, 5.41) is 69.5. The molecule has 8 N–H and O–H groups in total. The predicted molar refractivity (Wildman–Crippen MR) is 57.0 cm³/mol. The van der Waals surface area contributed by atoms with Crippen molar-refractivity contribution in [3.63, 3.8) is 0 Å². The molecular weight excluding hydrogens is 236 g/mol. The Balaban J connectivity index is 0. The van der Waals surface area contributed by atoms with Gasteiger partial charge in [-0.3, -0.25) is 0 Å². The highest BCUT2D eigenvalue weighted by molar-refractivity contribution is 4.84. The molecule has 8 heteroatoms. The highest BCUT2D eigenvalue weighted by atomic mass is 16.4. The molecule has 0 heterocycles. The first-order valence-corrected chi connectivity index (χ1v) is 5.10. The second kappa shape index (κ2) is 10.8. The van der Waals surface area contributed by atoms with Crippen LogP contribution in [0.25, 0.3) is 0 Å². The summed E-state index contributed by atoms with van der Waals surface area (Å²) < 4.78 is 0. The molecule has 0 bridgehead atoms. The lowest BCUT2D eigenvalue weighted by Crippen LogP contribution is -2.50. The van der Waals surface area contributed by atoms with E-state index in [2.05, 4.69) is 0 Å². The fraction of sp³-hybridized carbons (Fsp3) is 1.00. The Hall–Kier alpha value is -0.320. The van der Waals surface area contributed by atoms with Gasteiger partial charge >= 0.3 is 0 Å². The number of hydrogen-bond acceptors (Lipinski definition) is 8. The molecule has 0 spiro atoms. The maximum atomic E-state index is 9.15. The van der Waals surface area contributed by atoms with E-state index in [9.17, 15) is 0 Å². The maximum absolute atomic E-state index is 9.15. The van der Waals surface area contributed by atoms with Crippen molar-refractivity contribution in [1.82, 2.24) is 0 Å². The molecule has 8 nitrogen and oxygen atoms in total. The van der Waals surface area contributed by atoms with E-state index in [0.29, 0.717) is 0 Å². The Kier molecular flexibility index (Phi) is 12.1. The van der Waals surface area contributed by atoms with Crippen molar-refractivity contribution in [1.29, 1.82) is 0 Å².